The van der Waals surface area contributed by atoms with Gasteiger partial charge in [0.05, 0.1) is 17.4 Å². The van der Waals surface area contributed by atoms with Gasteiger partial charge in [-0.3, -0.25) is 4.79 Å². The summed E-state index contributed by atoms with van der Waals surface area (Å²) in [6, 6.07) is 3.58. The summed E-state index contributed by atoms with van der Waals surface area (Å²) in [6.07, 6.45) is 1.26. The number of carbonyl (C=O) groups excluding carboxylic acids is 1. The minimum absolute atomic E-state index is 0.00412. The maximum Gasteiger partial charge on any atom is 0.335 e. The first kappa shape index (κ1) is 12.6. The number of nitrogens with one attached hydrogen (secondary N) is 1. The van der Waals surface area contributed by atoms with Gasteiger partial charge in [-0.05, 0) is 18.2 Å². The van der Waals surface area contributed by atoms with Gasteiger partial charge in [0.25, 0.3) is 5.91 Å². The minimum atomic E-state index is -1.16. The minimum Gasteiger partial charge on any atom is -0.506 e. The topological polar surface area (TPSA) is 117 Å². The number of carboxylic acids is 1. The lowest BCUT2D eigenvalue weighted by Crippen LogP contribution is -2.13. The van der Waals surface area contributed by atoms with E-state index in [0.717, 1.165) is 6.07 Å². The van der Waals surface area contributed by atoms with E-state index in [2.05, 4.69) is 15.5 Å². The van der Waals surface area contributed by atoms with Crippen LogP contribution >= 0.6 is 0 Å². The zero-order chi connectivity index (χ0) is 14.0. The number of benzene rings is 1. The van der Waals surface area contributed by atoms with Crippen molar-refractivity contribution in [2.75, 3.05) is 5.32 Å². The molecule has 19 heavy (non-hydrogen) atoms. The lowest BCUT2D eigenvalue weighted by Gasteiger charge is -2.06. The van der Waals surface area contributed by atoms with E-state index in [1.807, 2.05) is 0 Å². The molecule has 3 N–H and O–H groups in total. The molecule has 2 aromatic rings. The lowest BCUT2D eigenvalue weighted by molar-refractivity contribution is 0.0696. The van der Waals surface area contributed by atoms with E-state index in [4.69, 9.17) is 5.11 Å². The molecule has 8 nitrogen and oxygen atoms in total. The molecule has 0 saturated heterocycles. The molecule has 1 aromatic carbocycles. The second-order valence-corrected chi connectivity index (χ2v) is 3.71. The van der Waals surface area contributed by atoms with Crippen LogP contribution in [0.3, 0.4) is 0 Å². The molecule has 0 fully saturated rings. The van der Waals surface area contributed by atoms with Crippen LogP contribution in [0.15, 0.2) is 24.4 Å². The molecule has 1 amide bonds. The Labute approximate surface area is 107 Å². The second kappa shape index (κ2) is 4.77. The Morgan fingerprint density at radius 3 is 2.68 bits per heavy atom. The summed E-state index contributed by atoms with van der Waals surface area (Å²) < 4.78 is 0. The van der Waals surface area contributed by atoms with Gasteiger partial charge in [-0.2, -0.15) is 9.90 Å². The Balaban J connectivity index is 2.25. The molecule has 0 radical (unpaired) electrons. The number of hydrogen-bond donors (Lipinski definition) is 3. The Morgan fingerprint density at radius 2 is 2.11 bits per heavy atom. The zero-order valence-electron chi connectivity index (χ0n) is 9.86. The molecule has 0 aliphatic heterocycles. The molecule has 1 heterocycles. The number of nitrogens with zero attached hydrogens (tertiary/aromatic N) is 3. The Bertz CT molecular complexity index is 650. The molecule has 0 atom stereocenters. The number of anilines is 1. The van der Waals surface area contributed by atoms with E-state index in [1.54, 1.807) is 7.05 Å². The first-order chi connectivity index (χ1) is 8.97. The second-order valence-electron chi connectivity index (χ2n) is 3.71. The molecule has 98 valence electrons. The van der Waals surface area contributed by atoms with E-state index in [9.17, 15) is 14.7 Å². The number of aromatic hydroxyl groups is 1. The van der Waals surface area contributed by atoms with Crippen LogP contribution in [0, 0.1) is 0 Å². The van der Waals surface area contributed by atoms with Crippen molar-refractivity contribution in [2.45, 2.75) is 0 Å². The van der Waals surface area contributed by atoms with Crippen molar-refractivity contribution in [2.24, 2.45) is 7.05 Å². The normalized spacial score (nSPS) is 10.2. The Morgan fingerprint density at radius 1 is 1.37 bits per heavy atom. The van der Waals surface area contributed by atoms with Gasteiger partial charge >= 0.3 is 5.97 Å². The largest absolute Gasteiger partial charge is 0.506 e. The monoisotopic (exact) mass is 262 g/mol. The van der Waals surface area contributed by atoms with Crippen LogP contribution in [-0.2, 0) is 7.05 Å². The highest BCUT2D eigenvalue weighted by atomic mass is 16.4. The number of aryl methyl sites for hydroxylation is 1. The fourth-order valence-electron chi connectivity index (χ4n) is 1.41. The van der Waals surface area contributed by atoms with Gasteiger partial charge in [-0.15, -0.1) is 5.10 Å². The summed E-state index contributed by atoms with van der Waals surface area (Å²) in [4.78, 5) is 23.8. The van der Waals surface area contributed by atoms with Gasteiger partial charge in [0.1, 0.15) is 5.75 Å². The molecular weight excluding hydrogens is 252 g/mol. The number of hydrogen-bond acceptors (Lipinski definition) is 5. The van der Waals surface area contributed by atoms with E-state index in [0.29, 0.717) is 0 Å². The summed E-state index contributed by atoms with van der Waals surface area (Å²) in [6.45, 7) is 0. The van der Waals surface area contributed by atoms with Crippen molar-refractivity contribution in [3.63, 3.8) is 0 Å². The number of carboxylic acid groups (broad SMARTS) is 1. The van der Waals surface area contributed by atoms with E-state index >= 15 is 0 Å². The summed E-state index contributed by atoms with van der Waals surface area (Å²) >= 11 is 0. The molecule has 0 aliphatic carbocycles. The zero-order valence-corrected chi connectivity index (χ0v) is 9.86. The fourth-order valence-corrected chi connectivity index (χ4v) is 1.41. The number of aromatic nitrogens is 3. The van der Waals surface area contributed by atoms with E-state index < -0.39 is 11.9 Å². The number of phenols is 1. The fraction of sp³-hybridized carbons (Fsp3) is 0.0909. The van der Waals surface area contributed by atoms with Crippen LogP contribution in [0.2, 0.25) is 0 Å². The van der Waals surface area contributed by atoms with Crippen molar-refractivity contribution < 1.29 is 19.8 Å². The van der Waals surface area contributed by atoms with Crippen molar-refractivity contribution in [3.05, 3.63) is 35.7 Å². The number of phenolic OH excluding ortho intramolecular Hbond substituents is 1. The first-order valence-electron chi connectivity index (χ1n) is 5.21. The van der Waals surface area contributed by atoms with Crippen LogP contribution in [-0.4, -0.2) is 37.1 Å². The quantitative estimate of drug-likeness (QED) is 0.692. The number of carbonyl (C=O) groups is 2. The van der Waals surface area contributed by atoms with Crippen LogP contribution in [0.5, 0.6) is 5.75 Å². The standard InChI is InChI=1S/C11H10N4O4/c1-15-12-5-8(14-15)10(17)13-7-4-6(11(18)19)2-3-9(7)16/h2-5,16H,1H3,(H,13,17)(H,18,19). The van der Waals surface area contributed by atoms with E-state index in [-0.39, 0.29) is 22.7 Å². The first-order valence-corrected chi connectivity index (χ1v) is 5.21. The van der Waals surface area contributed by atoms with Gasteiger partial charge in [-0.1, -0.05) is 0 Å². The molecule has 2 rings (SSSR count). The number of aromatic carboxylic acids is 1. The molecule has 0 saturated carbocycles. The third kappa shape index (κ3) is 2.68. The third-order valence-corrected chi connectivity index (χ3v) is 2.32. The lowest BCUT2D eigenvalue weighted by atomic mass is 10.2. The van der Waals surface area contributed by atoms with Gasteiger partial charge in [-0.25, -0.2) is 4.79 Å². The average Bonchev–Trinajstić information content (AvgIpc) is 2.78. The third-order valence-electron chi connectivity index (χ3n) is 2.32. The molecule has 0 aliphatic rings. The predicted octanol–water partition coefficient (Wildman–Crippen LogP) is 0.471. The molecular formula is C11H10N4O4. The highest BCUT2D eigenvalue weighted by Crippen LogP contribution is 2.24. The molecule has 1 aromatic heterocycles. The van der Waals surface area contributed by atoms with Gasteiger partial charge in [0.2, 0.25) is 0 Å². The summed E-state index contributed by atoms with van der Waals surface area (Å²) in [7, 11) is 1.55. The SMILES string of the molecule is Cn1ncc(C(=O)Nc2cc(C(=O)O)ccc2O)n1. The molecule has 0 unspecified atom stereocenters. The molecule has 0 bridgehead atoms. The summed E-state index contributed by atoms with van der Waals surface area (Å²) in [5.74, 6) is -1.98. The van der Waals surface area contributed by atoms with Crippen LogP contribution < -0.4 is 5.32 Å². The van der Waals surface area contributed by atoms with Gasteiger partial charge in [0.15, 0.2) is 5.69 Å². The predicted molar refractivity (Wildman–Crippen MR) is 64.0 cm³/mol. The average molecular weight is 262 g/mol. The smallest absolute Gasteiger partial charge is 0.335 e. The Kier molecular flexibility index (Phi) is 3.15. The van der Waals surface area contributed by atoms with Gasteiger partial charge < -0.3 is 15.5 Å². The van der Waals surface area contributed by atoms with Crippen molar-refractivity contribution in [3.8, 4) is 5.75 Å². The highest BCUT2D eigenvalue weighted by molar-refractivity contribution is 6.04. The Hall–Kier alpha value is -2.90. The molecule has 0 spiro atoms. The summed E-state index contributed by atoms with van der Waals surface area (Å²) in [5.41, 5.74) is 0.00502. The maximum atomic E-state index is 11.8. The van der Waals surface area contributed by atoms with Crippen LogP contribution in [0.4, 0.5) is 5.69 Å². The maximum absolute atomic E-state index is 11.8. The molecule has 8 heteroatoms. The van der Waals surface area contributed by atoms with Crippen LogP contribution in [0.25, 0.3) is 0 Å². The highest BCUT2D eigenvalue weighted by Gasteiger charge is 2.14. The number of rotatable bonds is 3. The van der Waals surface area contributed by atoms with Crippen molar-refractivity contribution in [1.82, 2.24) is 15.0 Å². The van der Waals surface area contributed by atoms with Crippen LogP contribution in [0.1, 0.15) is 20.8 Å². The number of amides is 1. The van der Waals surface area contributed by atoms with Gasteiger partial charge in [0, 0.05) is 7.05 Å². The summed E-state index contributed by atoms with van der Waals surface area (Å²) in [5, 5.41) is 28.3. The van der Waals surface area contributed by atoms with Crippen molar-refractivity contribution >= 4 is 17.6 Å². The van der Waals surface area contributed by atoms with Crippen molar-refractivity contribution in [1.29, 1.82) is 0 Å². The van der Waals surface area contributed by atoms with E-state index in [1.165, 1.54) is 23.1 Å².